The van der Waals surface area contributed by atoms with Crippen molar-refractivity contribution in [3.05, 3.63) is 68.2 Å². The van der Waals surface area contributed by atoms with E-state index in [9.17, 15) is 4.79 Å². The number of benzene rings is 2. The van der Waals surface area contributed by atoms with E-state index in [0.717, 1.165) is 10.2 Å². The number of hydrogen-bond donors (Lipinski definition) is 0. The highest BCUT2D eigenvalue weighted by Gasteiger charge is 2.17. The molecule has 3 nitrogen and oxygen atoms in total. The Labute approximate surface area is 151 Å². The van der Waals surface area contributed by atoms with Crippen LogP contribution in [0.1, 0.15) is 16.1 Å². The summed E-state index contributed by atoms with van der Waals surface area (Å²) >= 11 is 15.7. The number of nitrogens with zero attached hydrogens (tertiary/aromatic N) is 1. The lowest BCUT2D eigenvalue weighted by Gasteiger charge is -2.11. The molecule has 0 saturated heterocycles. The van der Waals surface area contributed by atoms with Crippen molar-refractivity contribution in [3.63, 3.8) is 0 Å². The SMILES string of the molecule is Cc1ccc2c(Cl)cc(Cl)c(OC(=O)c3ccc(Br)cc3)c2n1. The molecular formula is C17H10BrCl2NO2. The first-order valence-corrected chi connectivity index (χ1v) is 8.23. The van der Waals surface area contributed by atoms with E-state index < -0.39 is 5.97 Å². The number of ether oxygens (including phenoxy) is 1. The van der Waals surface area contributed by atoms with Crippen LogP contribution in [0.3, 0.4) is 0 Å². The zero-order valence-corrected chi connectivity index (χ0v) is 15.0. The number of esters is 1. The summed E-state index contributed by atoms with van der Waals surface area (Å²) in [4.78, 5) is 16.7. The molecular weight excluding hydrogens is 401 g/mol. The average Bonchev–Trinajstić information content (AvgIpc) is 2.51. The van der Waals surface area contributed by atoms with Crippen molar-refractivity contribution in [2.24, 2.45) is 0 Å². The van der Waals surface area contributed by atoms with Gasteiger partial charge in [0, 0.05) is 15.6 Å². The van der Waals surface area contributed by atoms with Crippen LogP contribution in [-0.4, -0.2) is 11.0 Å². The summed E-state index contributed by atoms with van der Waals surface area (Å²) in [5.41, 5.74) is 1.66. The predicted octanol–water partition coefficient (Wildman–Crippen LogP) is 5.83. The minimum atomic E-state index is -0.508. The Morgan fingerprint density at radius 3 is 2.48 bits per heavy atom. The summed E-state index contributed by atoms with van der Waals surface area (Å²) in [6, 6.07) is 12.1. The summed E-state index contributed by atoms with van der Waals surface area (Å²) < 4.78 is 6.36. The second-order valence-corrected chi connectivity index (χ2v) is 6.64. The van der Waals surface area contributed by atoms with Gasteiger partial charge in [0.15, 0.2) is 5.75 Å². The van der Waals surface area contributed by atoms with E-state index in [0.29, 0.717) is 21.5 Å². The van der Waals surface area contributed by atoms with Gasteiger partial charge in [-0.05, 0) is 49.4 Å². The first-order chi connectivity index (χ1) is 11.0. The van der Waals surface area contributed by atoms with Crippen LogP contribution in [-0.2, 0) is 0 Å². The summed E-state index contributed by atoms with van der Waals surface area (Å²) in [5, 5.41) is 1.38. The van der Waals surface area contributed by atoms with E-state index in [-0.39, 0.29) is 10.8 Å². The number of carbonyl (C=O) groups excluding carboxylic acids is 1. The Morgan fingerprint density at radius 2 is 1.78 bits per heavy atom. The molecule has 0 spiro atoms. The third-order valence-corrected chi connectivity index (χ3v) is 4.37. The number of carbonyl (C=O) groups is 1. The standard InChI is InChI=1S/C17H10BrCl2NO2/c1-9-2-7-12-13(19)8-14(20)16(15(12)21-9)23-17(22)10-3-5-11(18)6-4-10/h2-8H,1H3. The summed E-state index contributed by atoms with van der Waals surface area (Å²) in [5.74, 6) is -0.297. The Balaban J connectivity index is 2.07. The summed E-state index contributed by atoms with van der Waals surface area (Å²) in [6.07, 6.45) is 0. The van der Waals surface area contributed by atoms with Crippen molar-refractivity contribution in [2.45, 2.75) is 6.92 Å². The van der Waals surface area contributed by atoms with Gasteiger partial charge in [0.25, 0.3) is 0 Å². The number of fused-ring (bicyclic) bond motifs is 1. The molecule has 0 radical (unpaired) electrons. The third kappa shape index (κ3) is 3.34. The minimum Gasteiger partial charge on any atom is -0.419 e. The van der Waals surface area contributed by atoms with Gasteiger partial charge >= 0.3 is 5.97 Å². The van der Waals surface area contributed by atoms with Crippen molar-refractivity contribution < 1.29 is 9.53 Å². The van der Waals surface area contributed by atoms with Gasteiger partial charge in [-0.2, -0.15) is 0 Å². The molecule has 0 aliphatic carbocycles. The fourth-order valence-electron chi connectivity index (χ4n) is 2.12. The highest BCUT2D eigenvalue weighted by molar-refractivity contribution is 9.10. The van der Waals surface area contributed by atoms with Crippen molar-refractivity contribution in [2.75, 3.05) is 0 Å². The first-order valence-electron chi connectivity index (χ1n) is 6.69. The Kier molecular flexibility index (Phi) is 4.57. The predicted molar refractivity (Wildman–Crippen MR) is 95.6 cm³/mol. The Hall–Kier alpha value is -1.62. The van der Waals surface area contributed by atoms with Gasteiger partial charge in [-0.3, -0.25) is 0 Å². The third-order valence-electron chi connectivity index (χ3n) is 3.25. The molecule has 3 rings (SSSR count). The maximum Gasteiger partial charge on any atom is 0.343 e. The molecule has 0 aliphatic heterocycles. The maximum absolute atomic E-state index is 12.3. The normalized spacial score (nSPS) is 10.8. The summed E-state index contributed by atoms with van der Waals surface area (Å²) in [6.45, 7) is 1.84. The van der Waals surface area contributed by atoms with Crippen LogP contribution in [0.5, 0.6) is 5.75 Å². The van der Waals surface area contributed by atoms with Crippen molar-refractivity contribution in [1.29, 1.82) is 0 Å². The van der Waals surface area contributed by atoms with Gasteiger partial charge in [0.2, 0.25) is 0 Å². The van der Waals surface area contributed by atoms with Crippen LogP contribution >= 0.6 is 39.1 Å². The van der Waals surface area contributed by atoms with Gasteiger partial charge in [-0.15, -0.1) is 0 Å². The molecule has 0 fully saturated rings. The molecule has 3 aromatic rings. The van der Waals surface area contributed by atoms with Gasteiger partial charge in [0.05, 0.1) is 15.6 Å². The van der Waals surface area contributed by atoms with Crippen LogP contribution in [0.2, 0.25) is 10.0 Å². The quantitative estimate of drug-likeness (QED) is 0.394. The smallest absolute Gasteiger partial charge is 0.343 e. The lowest BCUT2D eigenvalue weighted by molar-refractivity contribution is 0.0737. The molecule has 0 atom stereocenters. The second-order valence-electron chi connectivity index (χ2n) is 4.91. The minimum absolute atomic E-state index is 0.211. The highest BCUT2D eigenvalue weighted by Crippen LogP contribution is 2.37. The molecule has 0 bridgehead atoms. The molecule has 23 heavy (non-hydrogen) atoms. The molecule has 6 heteroatoms. The largest absolute Gasteiger partial charge is 0.419 e. The number of hydrogen-bond acceptors (Lipinski definition) is 3. The van der Waals surface area contributed by atoms with E-state index in [4.69, 9.17) is 27.9 Å². The zero-order valence-electron chi connectivity index (χ0n) is 11.9. The van der Waals surface area contributed by atoms with Crippen LogP contribution < -0.4 is 4.74 Å². The number of aryl methyl sites for hydroxylation is 1. The number of halogens is 3. The lowest BCUT2D eigenvalue weighted by Crippen LogP contribution is -2.09. The second kappa shape index (κ2) is 6.48. The van der Waals surface area contributed by atoms with E-state index in [1.165, 1.54) is 0 Å². The van der Waals surface area contributed by atoms with Crippen molar-refractivity contribution in [3.8, 4) is 5.75 Å². The van der Waals surface area contributed by atoms with Gasteiger partial charge in [0.1, 0.15) is 5.52 Å². The number of aromatic nitrogens is 1. The van der Waals surface area contributed by atoms with Crippen molar-refractivity contribution in [1.82, 2.24) is 4.98 Å². The maximum atomic E-state index is 12.3. The highest BCUT2D eigenvalue weighted by atomic mass is 79.9. The Bertz CT molecular complexity index is 911. The van der Waals surface area contributed by atoms with Crippen molar-refractivity contribution >= 4 is 56.0 Å². The van der Waals surface area contributed by atoms with Crippen LogP contribution in [0.4, 0.5) is 0 Å². The monoisotopic (exact) mass is 409 g/mol. The van der Waals surface area contributed by atoms with Gasteiger partial charge < -0.3 is 4.74 Å². The van der Waals surface area contributed by atoms with Crippen LogP contribution in [0.25, 0.3) is 10.9 Å². The lowest BCUT2D eigenvalue weighted by atomic mass is 10.2. The molecule has 1 aromatic heterocycles. The van der Waals surface area contributed by atoms with E-state index >= 15 is 0 Å². The number of pyridine rings is 1. The molecule has 1 heterocycles. The molecule has 2 aromatic carbocycles. The van der Waals surface area contributed by atoms with E-state index in [1.54, 1.807) is 30.3 Å². The molecule has 116 valence electrons. The first kappa shape index (κ1) is 16.2. The summed E-state index contributed by atoms with van der Waals surface area (Å²) in [7, 11) is 0. The number of rotatable bonds is 2. The van der Waals surface area contributed by atoms with E-state index in [1.807, 2.05) is 19.1 Å². The van der Waals surface area contributed by atoms with E-state index in [2.05, 4.69) is 20.9 Å². The average molecular weight is 411 g/mol. The van der Waals surface area contributed by atoms with Gasteiger partial charge in [-0.25, -0.2) is 9.78 Å². The fourth-order valence-corrected chi connectivity index (χ4v) is 2.94. The molecule has 0 aliphatic rings. The fraction of sp³-hybridized carbons (Fsp3) is 0.0588. The van der Waals surface area contributed by atoms with Crippen LogP contribution in [0, 0.1) is 6.92 Å². The van der Waals surface area contributed by atoms with Gasteiger partial charge in [-0.1, -0.05) is 39.1 Å². The molecule has 0 unspecified atom stereocenters. The van der Waals surface area contributed by atoms with Crippen LogP contribution in [0.15, 0.2) is 46.9 Å². The molecule has 0 N–H and O–H groups in total. The topological polar surface area (TPSA) is 39.2 Å². The molecule has 0 saturated carbocycles. The molecule has 0 amide bonds. The zero-order chi connectivity index (χ0) is 16.6. The Morgan fingerprint density at radius 1 is 1.09 bits per heavy atom.